The van der Waals surface area contributed by atoms with Crippen LogP contribution in [0, 0.1) is 0 Å². The average Bonchev–Trinajstić information content (AvgIpc) is 2.80. The van der Waals surface area contributed by atoms with Gasteiger partial charge < -0.3 is 15.1 Å². The van der Waals surface area contributed by atoms with E-state index in [1.54, 1.807) is 18.4 Å². The second-order valence-corrected chi connectivity index (χ2v) is 7.23. The molecule has 0 bridgehead atoms. The van der Waals surface area contributed by atoms with Crippen LogP contribution in [-0.2, 0) is 10.8 Å². The molecule has 0 radical (unpaired) electrons. The predicted molar refractivity (Wildman–Crippen MR) is 89.7 cm³/mol. The Kier molecular flexibility index (Phi) is 5.47. The maximum atomic E-state index is 11.9. The molecule has 2 aromatic rings. The van der Waals surface area contributed by atoms with Crippen LogP contribution in [0.15, 0.2) is 28.7 Å². The SMILES string of the molecule is C[C@H](C[S@](C)=O)NC(=O)N[C@@H](C)c1cc2cc(Cl)ccc2o1. The summed E-state index contributed by atoms with van der Waals surface area (Å²) in [5, 5.41) is 7.08. The van der Waals surface area contributed by atoms with Crippen molar-refractivity contribution in [3.63, 3.8) is 0 Å². The third-order valence-electron chi connectivity index (χ3n) is 3.13. The summed E-state index contributed by atoms with van der Waals surface area (Å²) in [6.45, 7) is 3.65. The van der Waals surface area contributed by atoms with Crippen molar-refractivity contribution in [2.75, 3.05) is 12.0 Å². The Morgan fingerprint density at radius 1 is 1.32 bits per heavy atom. The number of urea groups is 1. The lowest BCUT2D eigenvalue weighted by atomic mass is 10.2. The molecule has 1 heterocycles. The molecular formula is C15H19ClN2O3S. The van der Waals surface area contributed by atoms with E-state index in [1.807, 2.05) is 26.0 Å². The Morgan fingerprint density at radius 2 is 2.05 bits per heavy atom. The zero-order valence-electron chi connectivity index (χ0n) is 12.7. The number of hydrogen-bond donors (Lipinski definition) is 2. The number of carbonyl (C=O) groups excluding carboxylic acids is 1. The first kappa shape index (κ1) is 16.8. The molecule has 0 saturated heterocycles. The molecule has 120 valence electrons. The fraction of sp³-hybridized carbons (Fsp3) is 0.400. The van der Waals surface area contributed by atoms with Crippen LogP contribution in [0.4, 0.5) is 4.79 Å². The Balaban J connectivity index is 1.99. The van der Waals surface area contributed by atoms with Crippen molar-refractivity contribution < 1.29 is 13.4 Å². The summed E-state index contributed by atoms with van der Waals surface area (Å²) < 4.78 is 16.8. The van der Waals surface area contributed by atoms with Gasteiger partial charge in [-0.05, 0) is 38.1 Å². The number of benzene rings is 1. The van der Waals surface area contributed by atoms with E-state index >= 15 is 0 Å². The van der Waals surface area contributed by atoms with Crippen molar-refractivity contribution in [1.82, 2.24) is 10.6 Å². The highest BCUT2D eigenvalue weighted by molar-refractivity contribution is 7.84. The van der Waals surface area contributed by atoms with Crippen molar-refractivity contribution in [1.29, 1.82) is 0 Å². The summed E-state index contributed by atoms with van der Waals surface area (Å²) in [4.78, 5) is 11.9. The topological polar surface area (TPSA) is 71.3 Å². The molecule has 5 nitrogen and oxygen atoms in total. The average molecular weight is 343 g/mol. The molecule has 0 aliphatic rings. The van der Waals surface area contributed by atoms with E-state index in [0.29, 0.717) is 16.5 Å². The van der Waals surface area contributed by atoms with Gasteiger partial charge in [0, 0.05) is 39.3 Å². The highest BCUT2D eigenvalue weighted by Gasteiger charge is 2.16. The normalized spacial score (nSPS) is 15.3. The standard InChI is InChI=1S/C15H19ClN2O3S/c1-9(8-22(3)20)17-15(19)18-10(2)14-7-11-6-12(16)4-5-13(11)21-14/h4-7,9-10H,8H2,1-3H3,(H2,17,18,19)/t9-,10+,22+/m1/s1. The van der Waals surface area contributed by atoms with Crippen LogP contribution in [0.25, 0.3) is 11.0 Å². The summed E-state index contributed by atoms with van der Waals surface area (Å²) in [5.74, 6) is 1.07. The van der Waals surface area contributed by atoms with Gasteiger partial charge in [0.05, 0.1) is 6.04 Å². The van der Waals surface area contributed by atoms with E-state index in [1.165, 1.54) is 0 Å². The van der Waals surface area contributed by atoms with Gasteiger partial charge in [-0.15, -0.1) is 0 Å². The highest BCUT2D eigenvalue weighted by Crippen LogP contribution is 2.26. The van der Waals surface area contributed by atoms with Crippen molar-refractivity contribution in [2.45, 2.75) is 25.9 Å². The molecule has 0 fully saturated rings. The Hall–Kier alpha value is -1.53. The molecule has 0 unspecified atom stereocenters. The first-order valence-electron chi connectivity index (χ1n) is 6.91. The quantitative estimate of drug-likeness (QED) is 0.876. The van der Waals surface area contributed by atoms with Crippen LogP contribution in [-0.4, -0.2) is 28.3 Å². The van der Waals surface area contributed by atoms with Crippen LogP contribution < -0.4 is 10.6 Å². The van der Waals surface area contributed by atoms with Gasteiger partial charge in [0.15, 0.2) is 0 Å². The molecular weight excluding hydrogens is 324 g/mol. The lowest BCUT2D eigenvalue weighted by Crippen LogP contribution is -2.43. The fourth-order valence-corrected chi connectivity index (χ4v) is 3.14. The maximum absolute atomic E-state index is 11.9. The first-order chi connectivity index (χ1) is 10.3. The Bertz CT molecular complexity index is 701. The second-order valence-electron chi connectivity index (χ2n) is 5.31. The van der Waals surface area contributed by atoms with Crippen LogP contribution in [0.5, 0.6) is 0 Å². The lowest BCUT2D eigenvalue weighted by molar-refractivity contribution is 0.234. The number of fused-ring (bicyclic) bond motifs is 1. The molecule has 0 aliphatic carbocycles. The molecule has 22 heavy (non-hydrogen) atoms. The van der Waals surface area contributed by atoms with E-state index in [9.17, 15) is 9.00 Å². The molecule has 0 spiro atoms. The van der Waals surface area contributed by atoms with Crippen molar-refractivity contribution in [3.05, 3.63) is 35.0 Å². The van der Waals surface area contributed by atoms with Gasteiger partial charge in [0.1, 0.15) is 11.3 Å². The number of hydrogen-bond acceptors (Lipinski definition) is 3. The van der Waals surface area contributed by atoms with Gasteiger partial charge >= 0.3 is 6.03 Å². The number of furan rings is 1. The molecule has 7 heteroatoms. The van der Waals surface area contributed by atoms with Crippen molar-refractivity contribution >= 4 is 39.4 Å². The van der Waals surface area contributed by atoms with Gasteiger partial charge in [-0.3, -0.25) is 4.21 Å². The number of nitrogens with one attached hydrogen (secondary N) is 2. The number of halogens is 1. The maximum Gasteiger partial charge on any atom is 0.315 e. The fourth-order valence-electron chi connectivity index (χ4n) is 2.18. The third kappa shape index (κ3) is 4.48. The molecule has 2 amide bonds. The molecule has 2 rings (SSSR count). The minimum absolute atomic E-state index is 0.160. The number of rotatable bonds is 5. The molecule has 0 saturated carbocycles. The zero-order valence-corrected chi connectivity index (χ0v) is 14.3. The molecule has 2 N–H and O–H groups in total. The summed E-state index contributed by atoms with van der Waals surface area (Å²) >= 11 is 5.94. The van der Waals surface area contributed by atoms with E-state index in [-0.39, 0.29) is 18.1 Å². The minimum Gasteiger partial charge on any atom is -0.459 e. The highest BCUT2D eigenvalue weighted by atomic mass is 35.5. The van der Waals surface area contributed by atoms with E-state index in [4.69, 9.17) is 16.0 Å². The minimum atomic E-state index is -0.947. The summed E-state index contributed by atoms with van der Waals surface area (Å²) in [5.41, 5.74) is 0.725. The van der Waals surface area contributed by atoms with Crippen LogP contribution >= 0.6 is 11.6 Å². The molecule has 0 aliphatic heterocycles. The van der Waals surface area contributed by atoms with Crippen molar-refractivity contribution in [2.24, 2.45) is 0 Å². The van der Waals surface area contributed by atoms with E-state index in [2.05, 4.69) is 10.6 Å². The molecule has 3 atom stereocenters. The summed E-state index contributed by atoms with van der Waals surface area (Å²) in [7, 11) is -0.947. The van der Waals surface area contributed by atoms with Crippen molar-refractivity contribution in [3.8, 4) is 0 Å². The van der Waals surface area contributed by atoms with Crippen LogP contribution in [0.1, 0.15) is 25.6 Å². The first-order valence-corrected chi connectivity index (χ1v) is 9.01. The predicted octanol–water partition coefficient (Wildman–Crippen LogP) is 3.21. The van der Waals surface area contributed by atoms with Gasteiger partial charge in [0.2, 0.25) is 0 Å². The third-order valence-corrected chi connectivity index (χ3v) is 4.34. The molecule has 1 aromatic carbocycles. The number of amides is 2. The summed E-state index contributed by atoms with van der Waals surface area (Å²) in [6, 6.07) is 6.47. The van der Waals surface area contributed by atoms with Gasteiger partial charge in [-0.2, -0.15) is 0 Å². The smallest absolute Gasteiger partial charge is 0.315 e. The van der Waals surface area contributed by atoms with E-state index in [0.717, 1.165) is 11.0 Å². The van der Waals surface area contributed by atoms with Gasteiger partial charge in [-0.1, -0.05) is 11.6 Å². The van der Waals surface area contributed by atoms with Crippen LogP contribution in [0.3, 0.4) is 0 Å². The number of carbonyl (C=O) groups is 1. The monoisotopic (exact) mass is 342 g/mol. The zero-order chi connectivity index (χ0) is 16.3. The van der Waals surface area contributed by atoms with Gasteiger partial charge in [0.25, 0.3) is 0 Å². The Morgan fingerprint density at radius 3 is 2.73 bits per heavy atom. The molecule has 1 aromatic heterocycles. The summed E-state index contributed by atoms with van der Waals surface area (Å²) in [6.07, 6.45) is 1.61. The van der Waals surface area contributed by atoms with Crippen LogP contribution in [0.2, 0.25) is 5.02 Å². The van der Waals surface area contributed by atoms with E-state index < -0.39 is 10.8 Å². The van der Waals surface area contributed by atoms with Gasteiger partial charge in [-0.25, -0.2) is 4.79 Å². The Labute approximate surface area is 136 Å². The second kappa shape index (κ2) is 7.15. The lowest BCUT2D eigenvalue weighted by Gasteiger charge is -2.16. The largest absolute Gasteiger partial charge is 0.459 e.